The van der Waals surface area contributed by atoms with Gasteiger partial charge < -0.3 is 0 Å². The highest BCUT2D eigenvalue weighted by Crippen LogP contribution is 2.51. The Morgan fingerprint density at radius 1 is 0.455 bits per heavy atom. The van der Waals surface area contributed by atoms with Gasteiger partial charge in [0.05, 0.1) is 5.52 Å². The second-order valence-corrected chi connectivity index (χ2v) is 16.6. The van der Waals surface area contributed by atoms with Crippen LogP contribution in [0.1, 0.15) is 25.0 Å². The molecule has 3 aromatic heterocycles. The third-order valence-electron chi connectivity index (χ3n) is 12.2. The molecule has 8 aromatic carbocycles. The van der Waals surface area contributed by atoms with Crippen molar-refractivity contribution in [2.75, 3.05) is 0 Å². The standard InChI is InChI=1S/C52H34N2S/c1-52(2)44-19-9-7-12-34(44)43-28-31(22-26-45(43)52)49-38-14-3-5-16-40(38)50(41-17-6-4-15-39(41)49)32-21-24-36-37-25-23-33(30-48(37)55-47(36)29-32)54-46-20-10-8-13-35(46)42-18-11-27-53-51(42)54/h3-30H,1-2H3. The molecule has 0 saturated heterocycles. The highest BCUT2D eigenvalue weighted by molar-refractivity contribution is 7.25. The Hall–Kier alpha value is -6.55. The maximum absolute atomic E-state index is 4.83. The van der Waals surface area contributed by atoms with Gasteiger partial charge in [-0.15, -0.1) is 11.3 Å². The highest BCUT2D eigenvalue weighted by atomic mass is 32.1. The number of hydrogen-bond donors (Lipinski definition) is 0. The third-order valence-corrected chi connectivity index (χ3v) is 13.4. The van der Waals surface area contributed by atoms with Crippen molar-refractivity contribution in [2.45, 2.75) is 19.3 Å². The van der Waals surface area contributed by atoms with E-state index in [1.54, 1.807) is 0 Å². The molecule has 0 bridgehead atoms. The van der Waals surface area contributed by atoms with Gasteiger partial charge in [0, 0.05) is 48.2 Å². The van der Waals surface area contributed by atoms with Crippen molar-refractivity contribution in [2.24, 2.45) is 0 Å². The molecule has 3 heterocycles. The fourth-order valence-electron chi connectivity index (χ4n) is 9.74. The average molecular weight is 719 g/mol. The molecule has 1 aliphatic carbocycles. The lowest BCUT2D eigenvalue weighted by Gasteiger charge is -2.22. The molecule has 12 rings (SSSR count). The van der Waals surface area contributed by atoms with Crippen LogP contribution in [0.3, 0.4) is 0 Å². The Labute approximate surface area is 322 Å². The first kappa shape index (κ1) is 30.9. The van der Waals surface area contributed by atoms with Gasteiger partial charge in [0.2, 0.25) is 0 Å². The second kappa shape index (κ2) is 11.2. The summed E-state index contributed by atoms with van der Waals surface area (Å²) in [6.07, 6.45) is 1.89. The molecule has 0 unspecified atom stereocenters. The molecule has 2 nitrogen and oxygen atoms in total. The van der Waals surface area contributed by atoms with Crippen molar-refractivity contribution >= 4 is 75.0 Å². The summed E-state index contributed by atoms with van der Waals surface area (Å²) in [6.45, 7) is 4.71. The van der Waals surface area contributed by atoms with E-state index in [2.05, 4.69) is 176 Å². The van der Waals surface area contributed by atoms with Crippen LogP contribution in [0, 0.1) is 0 Å². The van der Waals surface area contributed by atoms with E-state index in [0.717, 1.165) is 11.3 Å². The number of hydrogen-bond acceptors (Lipinski definition) is 2. The summed E-state index contributed by atoms with van der Waals surface area (Å²) in [5, 5.41) is 10.1. The number of rotatable bonds is 3. The molecule has 0 saturated carbocycles. The maximum atomic E-state index is 4.83. The zero-order chi connectivity index (χ0) is 36.4. The predicted molar refractivity (Wildman–Crippen MR) is 235 cm³/mol. The van der Waals surface area contributed by atoms with E-state index in [4.69, 9.17) is 4.98 Å². The molecule has 0 aliphatic heterocycles. The first-order valence-electron chi connectivity index (χ1n) is 19.0. The van der Waals surface area contributed by atoms with Crippen molar-refractivity contribution in [3.8, 4) is 39.1 Å². The van der Waals surface area contributed by atoms with Crippen LogP contribution in [0.25, 0.3) is 103 Å². The highest BCUT2D eigenvalue weighted by Gasteiger charge is 2.35. The minimum atomic E-state index is -0.0203. The SMILES string of the molecule is CC1(C)c2ccccc2-c2cc(-c3c4ccccc4c(-c4ccc5c(c4)sc4cc(-n6c7ccccc7c7cccnc76)ccc45)c4ccccc34)ccc21. The van der Waals surface area contributed by atoms with Gasteiger partial charge in [0.25, 0.3) is 0 Å². The fraction of sp³-hybridized carbons (Fsp3) is 0.0577. The van der Waals surface area contributed by atoms with Crippen LogP contribution in [0.2, 0.25) is 0 Å². The lowest BCUT2D eigenvalue weighted by Crippen LogP contribution is -2.14. The Balaban J connectivity index is 1.05. The van der Waals surface area contributed by atoms with Crippen LogP contribution < -0.4 is 0 Å². The number of para-hydroxylation sites is 1. The van der Waals surface area contributed by atoms with Crippen molar-refractivity contribution in [1.29, 1.82) is 0 Å². The van der Waals surface area contributed by atoms with Gasteiger partial charge in [0.15, 0.2) is 0 Å². The molecule has 258 valence electrons. The summed E-state index contributed by atoms with van der Waals surface area (Å²) in [4.78, 5) is 4.83. The van der Waals surface area contributed by atoms with Crippen molar-refractivity contribution in [3.63, 3.8) is 0 Å². The van der Waals surface area contributed by atoms with Gasteiger partial charge in [-0.1, -0.05) is 135 Å². The van der Waals surface area contributed by atoms with Gasteiger partial charge >= 0.3 is 0 Å². The monoisotopic (exact) mass is 718 g/mol. The van der Waals surface area contributed by atoms with E-state index in [9.17, 15) is 0 Å². The Morgan fingerprint density at radius 2 is 1.02 bits per heavy atom. The summed E-state index contributed by atoms with van der Waals surface area (Å²) in [5.41, 5.74) is 13.9. The van der Waals surface area contributed by atoms with E-state index in [-0.39, 0.29) is 5.41 Å². The predicted octanol–water partition coefficient (Wildman–Crippen LogP) is 14.5. The zero-order valence-electron chi connectivity index (χ0n) is 30.5. The van der Waals surface area contributed by atoms with Gasteiger partial charge in [-0.2, -0.15) is 0 Å². The molecule has 0 amide bonds. The van der Waals surface area contributed by atoms with E-state index >= 15 is 0 Å². The van der Waals surface area contributed by atoms with E-state index < -0.39 is 0 Å². The fourth-order valence-corrected chi connectivity index (χ4v) is 10.9. The molecular formula is C52H34N2S. The lowest BCUT2D eigenvalue weighted by molar-refractivity contribution is 0.660. The largest absolute Gasteiger partial charge is 0.294 e. The van der Waals surface area contributed by atoms with Gasteiger partial charge in [0.1, 0.15) is 5.65 Å². The first-order valence-corrected chi connectivity index (χ1v) is 19.9. The molecule has 55 heavy (non-hydrogen) atoms. The molecular weight excluding hydrogens is 685 g/mol. The summed E-state index contributed by atoms with van der Waals surface area (Å²) in [6, 6.07) is 60.9. The van der Waals surface area contributed by atoms with E-state index in [1.165, 1.54) is 103 Å². The molecule has 0 atom stereocenters. The number of fused-ring (bicyclic) bond motifs is 11. The minimum absolute atomic E-state index is 0.0203. The summed E-state index contributed by atoms with van der Waals surface area (Å²) < 4.78 is 4.88. The number of pyridine rings is 1. The molecule has 3 heteroatoms. The maximum Gasteiger partial charge on any atom is 0.145 e. The molecule has 1 aliphatic rings. The van der Waals surface area contributed by atoms with Gasteiger partial charge in [-0.25, -0.2) is 4.98 Å². The van der Waals surface area contributed by atoms with Gasteiger partial charge in [-0.05, 0) is 109 Å². The Kier molecular flexibility index (Phi) is 6.31. The Bertz CT molecular complexity index is 3300. The normalized spacial score (nSPS) is 13.4. The van der Waals surface area contributed by atoms with Crippen LogP contribution in [0.4, 0.5) is 0 Å². The molecule has 0 N–H and O–H groups in total. The quantitative estimate of drug-likeness (QED) is 0.166. The molecule has 0 radical (unpaired) electrons. The van der Waals surface area contributed by atoms with Crippen LogP contribution in [0.5, 0.6) is 0 Å². The Morgan fingerprint density at radius 3 is 1.76 bits per heavy atom. The van der Waals surface area contributed by atoms with Crippen LogP contribution in [-0.2, 0) is 5.41 Å². The number of nitrogens with zero attached hydrogens (tertiary/aromatic N) is 2. The molecule has 0 fully saturated rings. The number of benzene rings is 8. The summed E-state index contributed by atoms with van der Waals surface area (Å²) in [7, 11) is 0. The smallest absolute Gasteiger partial charge is 0.145 e. The molecule has 11 aromatic rings. The summed E-state index contributed by atoms with van der Waals surface area (Å²) >= 11 is 1.88. The van der Waals surface area contributed by atoms with Gasteiger partial charge in [-0.3, -0.25) is 4.57 Å². The zero-order valence-corrected chi connectivity index (χ0v) is 31.3. The topological polar surface area (TPSA) is 17.8 Å². The average Bonchev–Trinajstić information content (AvgIpc) is 3.84. The number of aromatic nitrogens is 2. The lowest BCUT2D eigenvalue weighted by atomic mass is 9.81. The van der Waals surface area contributed by atoms with Crippen molar-refractivity contribution in [1.82, 2.24) is 9.55 Å². The number of thiophene rings is 1. The van der Waals surface area contributed by atoms with Crippen LogP contribution in [0.15, 0.2) is 170 Å². The van der Waals surface area contributed by atoms with E-state index in [1.807, 2.05) is 23.6 Å². The van der Waals surface area contributed by atoms with Crippen LogP contribution in [-0.4, -0.2) is 9.55 Å². The summed E-state index contributed by atoms with van der Waals surface area (Å²) in [5.74, 6) is 0. The minimum Gasteiger partial charge on any atom is -0.294 e. The molecule has 0 spiro atoms. The van der Waals surface area contributed by atoms with Crippen LogP contribution >= 0.6 is 11.3 Å². The van der Waals surface area contributed by atoms with Crippen molar-refractivity contribution < 1.29 is 0 Å². The van der Waals surface area contributed by atoms with E-state index in [0.29, 0.717) is 0 Å². The first-order chi connectivity index (χ1) is 27.0. The van der Waals surface area contributed by atoms with Crippen molar-refractivity contribution in [3.05, 3.63) is 181 Å². The second-order valence-electron chi connectivity index (χ2n) is 15.5. The third kappa shape index (κ3) is 4.27.